The predicted octanol–water partition coefficient (Wildman–Crippen LogP) is 1.87. The molecule has 17 heavy (non-hydrogen) atoms. The largest absolute Gasteiger partial charge is 0.381 e. The summed E-state index contributed by atoms with van der Waals surface area (Å²) in [6.07, 6.45) is 5.28. The number of hydrogen-bond donors (Lipinski definition) is 1. The summed E-state index contributed by atoms with van der Waals surface area (Å²) >= 11 is 0. The van der Waals surface area contributed by atoms with E-state index in [1.807, 2.05) is 0 Å². The normalized spacial score (nSPS) is 36.5. The Morgan fingerprint density at radius 3 is 2.76 bits per heavy atom. The zero-order valence-corrected chi connectivity index (χ0v) is 11.6. The third kappa shape index (κ3) is 3.01. The van der Waals surface area contributed by atoms with Crippen molar-refractivity contribution in [1.82, 2.24) is 10.2 Å². The number of likely N-dealkylation sites (N-methyl/N-ethyl adjacent to an activating group) is 1. The maximum atomic E-state index is 5.53. The molecule has 0 aromatic carbocycles. The first-order valence-corrected chi connectivity index (χ1v) is 7.27. The molecule has 2 aliphatic rings. The number of hydrogen-bond acceptors (Lipinski definition) is 3. The molecule has 3 heteroatoms. The van der Waals surface area contributed by atoms with Gasteiger partial charge in [-0.2, -0.15) is 0 Å². The number of nitrogens with one attached hydrogen (secondary N) is 1. The number of ether oxygens (including phenoxy) is 1. The van der Waals surface area contributed by atoms with E-state index < -0.39 is 0 Å². The molecule has 100 valence electrons. The van der Waals surface area contributed by atoms with E-state index in [0.717, 1.165) is 25.3 Å². The lowest BCUT2D eigenvalue weighted by molar-refractivity contribution is 0.141. The minimum atomic E-state index is 0.604. The fourth-order valence-electron chi connectivity index (χ4n) is 3.47. The number of rotatable bonds is 5. The molecule has 0 bridgehead atoms. The van der Waals surface area contributed by atoms with Gasteiger partial charge >= 0.3 is 0 Å². The van der Waals surface area contributed by atoms with Gasteiger partial charge in [-0.25, -0.2) is 0 Å². The van der Waals surface area contributed by atoms with Crippen molar-refractivity contribution in [2.24, 2.45) is 5.92 Å². The Hall–Kier alpha value is -0.120. The highest BCUT2D eigenvalue weighted by Gasteiger charge is 2.33. The molecule has 0 radical (unpaired) electrons. The maximum Gasteiger partial charge on any atom is 0.0510 e. The van der Waals surface area contributed by atoms with Crippen LogP contribution in [0.25, 0.3) is 0 Å². The molecule has 1 N–H and O–H groups in total. The SMILES string of the molecule is CCC1CCC(C)N1CC(NC)C1CCOC1. The molecular formula is C14H28N2O. The first kappa shape index (κ1) is 13.3. The zero-order valence-electron chi connectivity index (χ0n) is 11.6. The Morgan fingerprint density at radius 1 is 1.35 bits per heavy atom. The molecule has 0 aromatic rings. The van der Waals surface area contributed by atoms with Crippen molar-refractivity contribution in [3.8, 4) is 0 Å². The van der Waals surface area contributed by atoms with Crippen molar-refractivity contribution in [3.63, 3.8) is 0 Å². The average Bonchev–Trinajstić information content (AvgIpc) is 2.96. The van der Waals surface area contributed by atoms with Crippen LogP contribution in [-0.2, 0) is 4.74 Å². The Morgan fingerprint density at radius 2 is 2.18 bits per heavy atom. The van der Waals surface area contributed by atoms with Gasteiger partial charge in [0.05, 0.1) is 6.61 Å². The lowest BCUT2D eigenvalue weighted by Gasteiger charge is -2.33. The minimum Gasteiger partial charge on any atom is -0.381 e. The Balaban J connectivity index is 1.92. The van der Waals surface area contributed by atoms with Gasteiger partial charge in [0.2, 0.25) is 0 Å². The third-order valence-corrected chi connectivity index (χ3v) is 4.74. The molecule has 4 atom stereocenters. The van der Waals surface area contributed by atoms with Crippen LogP contribution in [0.2, 0.25) is 0 Å². The van der Waals surface area contributed by atoms with Crippen molar-refractivity contribution in [1.29, 1.82) is 0 Å². The van der Waals surface area contributed by atoms with E-state index in [-0.39, 0.29) is 0 Å². The van der Waals surface area contributed by atoms with Crippen LogP contribution < -0.4 is 5.32 Å². The molecule has 0 amide bonds. The van der Waals surface area contributed by atoms with Gasteiger partial charge in [-0.1, -0.05) is 6.92 Å². The second kappa shape index (κ2) is 6.17. The quantitative estimate of drug-likeness (QED) is 0.794. The minimum absolute atomic E-state index is 0.604. The lowest BCUT2D eigenvalue weighted by atomic mass is 9.98. The van der Waals surface area contributed by atoms with Crippen LogP contribution in [0.1, 0.15) is 39.5 Å². The molecule has 3 nitrogen and oxygen atoms in total. The van der Waals surface area contributed by atoms with E-state index in [0.29, 0.717) is 12.0 Å². The summed E-state index contributed by atoms with van der Waals surface area (Å²) in [7, 11) is 2.10. The molecule has 2 heterocycles. The van der Waals surface area contributed by atoms with Crippen LogP contribution in [-0.4, -0.2) is 49.8 Å². The molecule has 0 aromatic heterocycles. The van der Waals surface area contributed by atoms with E-state index >= 15 is 0 Å². The molecular weight excluding hydrogens is 212 g/mol. The van der Waals surface area contributed by atoms with Crippen LogP contribution in [0.5, 0.6) is 0 Å². The highest BCUT2D eigenvalue weighted by Crippen LogP contribution is 2.28. The summed E-state index contributed by atoms with van der Waals surface area (Å²) in [6.45, 7) is 7.81. The Kier molecular flexibility index (Phi) is 4.83. The molecule has 4 unspecified atom stereocenters. The van der Waals surface area contributed by atoms with Crippen LogP contribution in [0.15, 0.2) is 0 Å². The van der Waals surface area contributed by atoms with Gasteiger partial charge in [-0.15, -0.1) is 0 Å². The summed E-state index contributed by atoms with van der Waals surface area (Å²) in [5, 5.41) is 3.51. The van der Waals surface area contributed by atoms with Gasteiger partial charge in [0.15, 0.2) is 0 Å². The topological polar surface area (TPSA) is 24.5 Å². The monoisotopic (exact) mass is 240 g/mol. The molecule has 2 aliphatic heterocycles. The van der Waals surface area contributed by atoms with Crippen LogP contribution in [0, 0.1) is 5.92 Å². The van der Waals surface area contributed by atoms with Crippen molar-refractivity contribution in [2.45, 2.75) is 57.7 Å². The summed E-state index contributed by atoms with van der Waals surface area (Å²) in [5.41, 5.74) is 0. The highest BCUT2D eigenvalue weighted by atomic mass is 16.5. The van der Waals surface area contributed by atoms with Gasteiger partial charge in [-0.3, -0.25) is 4.90 Å². The Labute approximate surface area is 106 Å². The second-order valence-corrected chi connectivity index (χ2v) is 5.70. The van der Waals surface area contributed by atoms with Crippen molar-refractivity contribution in [2.75, 3.05) is 26.8 Å². The molecule has 2 saturated heterocycles. The molecule has 0 saturated carbocycles. The van der Waals surface area contributed by atoms with Gasteiger partial charge in [-0.05, 0) is 39.7 Å². The van der Waals surface area contributed by atoms with Gasteiger partial charge < -0.3 is 10.1 Å². The standard InChI is InChI=1S/C14H28N2O/c1-4-13-6-5-11(2)16(13)9-14(15-3)12-7-8-17-10-12/h11-15H,4-10H2,1-3H3. The van der Waals surface area contributed by atoms with Crippen molar-refractivity contribution < 1.29 is 4.74 Å². The highest BCUT2D eigenvalue weighted by molar-refractivity contribution is 4.89. The zero-order chi connectivity index (χ0) is 12.3. The summed E-state index contributed by atoms with van der Waals surface area (Å²) in [4.78, 5) is 2.72. The fourth-order valence-corrected chi connectivity index (χ4v) is 3.47. The average molecular weight is 240 g/mol. The van der Waals surface area contributed by atoms with E-state index in [1.54, 1.807) is 0 Å². The molecule has 0 spiro atoms. The number of likely N-dealkylation sites (tertiary alicyclic amines) is 1. The third-order valence-electron chi connectivity index (χ3n) is 4.74. The summed E-state index contributed by atoms with van der Waals surface area (Å²) in [5.74, 6) is 0.713. The molecule has 0 aliphatic carbocycles. The first-order valence-electron chi connectivity index (χ1n) is 7.27. The first-order chi connectivity index (χ1) is 8.26. The summed E-state index contributed by atoms with van der Waals surface area (Å²) < 4.78 is 5.53. The second-order valence-electron chi connectivity index (χ2n) is 5.70. The van der Waals surface area contributed by atoms with Gasteiger partial charge in [0.25, 0.3) is 0 Å². The lowest BCUT2D eigenvalue weighted by Crippen LogP contribution is -2.48. The fraction of sp³-hybridized carbons (Fsp3) is 1.00. The van der Waals surface area contributed by atoms with Gasteiger partial charge in [0, 0.05) is 37.2 Å². The van der Waals surface area contributed by atoms with Crippen molar-refractivity contribution in [3.05, 3.63) is 0 Å². The molecule has 2 fully saturated rings. The van der Waals surface area contributed by atoms with E-state index in [2.05, 4.69) is 31.1 Å². The van der Waals surface area contributed by atoms with Crippen LogP contribution in [0.4, 0.5) is 0 Å². The molecule has 2 rings (SSSR count). The summed E-state index contributed by atoms with van der Waals surface area (Å²) in [6, 6.07) is 2.17. The van der Waals surface area contributed by atoms with E-state index in [4.69, 9.17) is 4.74 Å². The number of nitrogens with zero attached hydrogens (tertiary/aromatic N) is 1. The predicted molar refractivity (Wildman–Crippen MR) is 71.3 cm³/mol. The Bertz CT molecular complexity index is 228. The van der Waals surface area contributed by atoms with E-state index in [1.165, 1.54) is 32.2 Å². The maximum absolute atomic E-state index is 5.53. The smallest absolute Gasteiger partial charge is 0.0510 e. The van der Waals surface area contributed by atoms with E-state index in [9.17, 15) is 0 Å². The van der Waals surface area contributed by atoms with Crippen LogP contribution >= 0.6 is 0 Å². The van der Waals surface area contributed by atoms with Crippen molar-refractivity contribution >= 4 is 0 Å². The van der Waals surface area contributed by atoms with Gasteiger partial charge in [0.1, 0.15) is 0 Å². The van der Waals surface area contributed by atoms with Crippen LogP contribution in [0.3, 0.4) is 0 Å².